The second kappa shape index (κ2) is 8.20. The quantitative estimate of drug-likeness (QED) is 0.448. The molecule has 11 nitrogen and oxygen atoms in total. The molecule has 3 fully saturated rings. The van der Waals surface area contributed by atoms with Crippen LogP contribution >= 0.6 is 0 Å². The SMILES string of the molecule is C[C@@H]1CN2c3c(cc(C(=O)NC4CCS(=O)(=O)C4)c(F)c3F)CC3(C(=O)NC(=O)NC3=O)[C@H]2[C@H](C)O1. The van der Waals surface area contributed by atoms with E-state index in [1.54, 1.807) is 13.8 Å². The smallest absolute Gasteiger partial charge is 0.328 e. The molecule has 194 valence electrons. The van der Waals surface area contributed by atoms with E-state index in [1.165, 1.54) is 4.90 Å². The van der Waals surface area contributed by atoms with Crippen molar-refractivity contribution < 1.29 is 41.1 Å². The zero-order valence-electron chi connectivity index (χ0n) is 19.4. The fraction of sp³-hybridized carbons (Fsp3) is 0.545. The van der Waals surface area contributed by atoms with Crippen molar-refractivity contribution in [1.82, 2.24) is 16.0 Å². The number of rotatable bonds is 2. The molecule has 3 N–H and O–H groups in total. The summed E-state index contributed by atoms with van der Waals surface area (Å²) < 4.78 is 60.1. The summed E-state index contributed by atoms with van der Waals surface area (Å²) in [6, 6.07) is -1.74. The number of carbonyl (C=O) groups is 4. The summed E-state index contributed by atoms with van der Waals surface area (Å²) in [7, 11) is -3.33. The number of anilines is 1. The average Bonchev–Trinajstić information content (AvgIpc) is 3.11. The molecular weight excluding hydrogens is 502 g/mol. The molecule has 4 aliphatic rings. The number of ether oxygens (including phenoxy) is 1. The van der Waals surface area contributed by atoms with Gasteiger partial charge < -0.3 is 15.0 Å². The van der Waals surface area contributed by atoms with Crippen LogP contribution in [0.2, 0.25) is 0 Å². The van der Waals surface area contributed by atoms with Gasteiger partial charge in [-0.3, -0.25) is 25.0 Å². The summed E-state index contributed by atoms with van der Waals surface area (Å²) in [5, 5.41) is 6.61. The maximum atomic E-state index is 15.6. The third kappa shape index (κ3) is 3.65. The van der Waals surface area contributed by atoms with Crippen LogP contribution in [0.3, 0.4) is 0 Å². The molecule has 5 rings (SSSR count). The Morgan fingerprint density at radius 3 is 2.44 bits per heavy atom. The van der Waals surface area contributed by atoms with Crippen LogP contribution in [0.4, 0.5) is 19.3 Å². The van der Waals surface area contributed by atoms with Gasteiger partial charge in [-0.05, 0) is 31.9 Å². The molecule has 0 bridgehead atoms. The van der Waals surface area contributed by atoms with Gasteiger partial charge in [-0.2, -0.15) is 0 Å². The largest absolute Gasteiger partial charge is 0.372 e. The van der Waals surface area contributed by atoms with Gasteiger partial charge in [-0.1, -0.05) is 0 Å². The van der Waals surface area contributed by atoms with Crippen LogP contribution in [0.1, 0.15) is 36.2 Å². The van der Waals surface area contributed by atoms with Gasteiger partial charge in [-0.25, -0.2) is 22.0 Å². The Morgan fingerprint density at radius 2 is 1.83 bits per heavy atom. The van der Waals surface area contributed by atoms with Gasteiger partial charge in [0, 0.05) is 19.0 Å². The summed E-state index contributed by atoms with van der Waals surface area (Å²) in [6.45, 7) is 3.31. The lowest BCUT2D eigenvalue weighted by Crippen LogP contribution is -2.75. The van der Waals surface area contributed by atoms with Crippen molar-refractivity contribution in [2.75, 3.05) is 23.0 Å². The molecule has 4 aliphatic heterocycles. The topological polar surface area (TPSA) is 151 Å². The Labute approximate surface area is 204 Å². The second-order valence-corrected chi connectivity index (χ2v) is 12.0. The van der Waals surface area contributed by atoms with Gasteiger partial charge in [0.1, 0.15) is 0 Å². The van der Waals surface area contributed by atoms with Gasteiger partial charge in [0.15, 0.2) is 26.9 Å². The lowest BCUT2D eigenvalue weighted by Gasteiger charge is -2.55. The van der Waals surface area contributed by atoms with E-state index in [0.717, 1.165) is 6.07 Å². The van der Waals surface area contributed by atoms with E-state index < -0.39 is 86.9 Å². The monoisotopic (exact) mass is 526 g/mol. The van der Waals surface area contributed by atoms with Crippen LogP contribution in [0.5, 0.6) is 0 Å². The fourth-order valence-electron chi connectivity index (χ4n) is 5.87. The predicted molar refractivity (Wildman–Crippen MR) is 120 cm³/mol. The first-order valence-corrected chi connectivity index (χ1v) is 13.3. The molecule has 4 atom stereocenters. The van der Waals surface area contributed by atoms with Gasteiger partial charge in [-0.15, -0.1) is 0 Å². The van der Waals surface area contributed by atoms with Crippen molar-refractivity contribution in [3.05, 3.63) is 28.8 Å². The van der Waals surface area contributed by atoms with Crippen LogP contribution in [-0.4, -0.2) is 74.5 Å². The summed E-state index contributed by atoms with van der Waals surface area (Å²) in [6.07, 6.45) is -1.52. The molecule has 1 aromatic carbocycles. The first-order valence-electron chi connectivity index (χ1n) is 11.4. The number of barbiturate groups is 1. The first kappa shape index (κ1) is 24.6. The van der Waals surface area contributed by atoms with E-state index in [9.17, 15) is 27.6 Å². The van der Waals surface area contributed by atoms with E-state index in [-0.39, 0.29) is 35.7 Å². The molecule has 0 aliphatic carbocycles. The number of hydrogen-bond acceptors (Lipinski definition) is 8. The van der Waals surface area contributed by atoms with E-state index in [1.807, 2.05) is 0 Å². The maximum absolute atomic E-state index is 15.6. The number of benzene rings is 1. The van der Waals surface area contributed by atoms with E-state index in [4.69, 9.17) is 4.74 Å². The van der Waals surface area contributed by atoms with Crippen LogP contribution in [0.15, 0.2) is 6.07 Å². The maximum Gasteiger partial charge on any atom is 0.328 e. The average molecular weight is 527 g/mol. The Morgan fingerprint density at radius 1 is 1.17 bits per heavy atom. The number of morpholine rings is 1. The second-order valence-electron chi connectivity index (χ2n) is 9.77. The highest BCUT2D eigenvalue weighted by Crippen LogP contribution is 2.48. The molecular formula is C22H24F2N4O7S. The fourth-order valence-corrected chi connectivity index (χ4v) is 7.55. The lowest BCUT2D eigenvalue weighted by molar-refractivity contribution is -0.153. The first-order chi connectivity index (χ1) is 16.8. The third-order valence-corrected chi connectivity index (χ3v) is 9.05. The van der Waals surface area contributed by atoms with Crippen molar-refractivity contribution in [1.29, 1.82) is 0 Å². The minimum atomic E-state index is -3.33. The standard InChI is InChI=1S/C22H24F2N4O7S/c1-9-7-28-16-11(6-22(17(28)10(2)35-9)19(30)26-21(32)27-20(22)31)5-13(14(23)15(16)24)18(29)25-12-3-4-36(33,34)8-12/h5,9-10,12,17H,3-4,6-8H2,1-2H3,(H,25,29)(H2,26,27,30,31,32)/t9-,10+,12?,17-/m1/s1. The molecule has 1 spiro atoms. The summed E-state index contributed by atoms with van der Waals surface area (Å²) in [5.74, 6) is -6.02. The molecule has 1 unspecified atom stereocenters. The Hall–Kier alpha value is -3.13. The predicted octanol–water partition coefficient (Wildman–Crippen LogP) is -0.228. The summed E-state index contributed by atoms with van der Waals surface area (Å²) in [4.78, 5) is 52.4. The number of imide groups is 2. The summed E-state index contributed by atoms with van der Waals surface area (Å²) >= 11 is 0. The lowest BCUT2D eigenvalue weighted by atomic mass is 9.66. The summed E-state index contributed by atoms with van der Waals surface area (Å²) in [5.41, 5.74) is -2.76. The number of nitrogens with one attached hydrogen (secondary N) is 3. The van der Waals surface area contributed by atoms with Crippen molar-refractivity contribution in [3.8, 4) is 0 Å². The normalized spacial score (nSPS) is 30.3. The molecule has 4 heterocycles. The number of nitrogens with zero attached hydrogens (tertiary/aromatic N) is 1. The molecule has 1 aromatic rings. The van der Waals surface area contributed by atoms with Crippen LogP contribution in [0.25, 0.3) is 0 Å². The molecule has 14 heteroatoms. The zero-order valence-corrected chi connectivity index (χ0v) is 20.2. The van der Waals surface area contributed by atoms with E-state index >= 15 is 8.78 Å². The minimum absolute atomic E-state index is 0.0140. The molecule has 0 aromatic heterocycles. The number of fused-ring (bicyclic) bond motifs is 4. The van der Waals surface area contributed by atoms with Gasteiger partial charge in [0.2, 0.25) is 11.8 Å². The highest BCUT2D eigenvalue weighted by molar-refractivity contribution is 7.91. The number of urea groups is 1. The number of sulfone groups is 1. The van der Waals surface area contributed by atoms with Crippen molar-refractivity contribution in [2.24, 2.45) is 5.41 Å². The molecule has 0 saturated carbocycles. The highest BCUT2D eigenvalue weighted by Gasteiger charge is 2.63. The van der Waals surface area contributed by atoms with Gasteiger partial charge >= 0.3 is 6.03 Å². The van der Waals surface area contributed by atoms with Gasteiger partial charge in [0.05, 0.1) is 41.0 Å². The molecule has 36 heavy (non-hydrogen) atoms. The number of amides is 5. The number of hydrogen-bond donors (Lipinski definition) is 3. The van der Waals surface area contributed by atoms with E-state index in [2.05, 4.69) is 16.0 Å². The van der Waals surface area contributed by atoms with Gasteiger partial charge in [0.25, 0.3) is 5.91 Å². The van der Waals surface area contributed by atoms with Crippen molar-refractivity contribution in [3.63, 3.8) is 0 Å². The van der Waals surface area contributed by atoms with E-state index in [0.29, 0.717) is 0 Å². The third-order valence-electron chi connectivity index (χ3n) is 7.28. The molecule has 3 saturated heterocycles. The van der Waals surface area contributed by atoms with Crippen LogP contribution in [-0.2, 0) is 30.6 Å². The number of halogens is 2. The van der Waals surface area contributed by atoms with Crippen molar-refractivity contribution in [2.45, 2.75) is 51.0 Å². The minimum Gasteiger partial charge on any atom is -0.372 e. The number of carbonyl (C=O) groups excluding carboxylic acids is 4. The zero-order chi connectivity index (χ0) is 26.2. The van der Waals surface area contributed by atoms with Crippen LogP contribution in [0, 0.1) is 17.0 Å². The van der Waals surface area contributed by atoms with Crippen molar-refractivity contribution >= 4 is 39.3 Å². The Bertz CT molecular complexity index is 1300. The Kier molecular flexibility index (Phi) is 5.59. The highest BCUT2D eigenvalue weighted by atomic mass is 32.2. The molecule has 5 amide bonds. The van der Waals surface area contributed by atoms with Crippen LogP contribution < -0.4 is 20.9 Å². The Balaban J connectivity index is 1.61. The molecule has 0 radical (unpaired) electrons.